The van der Waals surface area contributed by atoms with Crippen LogP contribution >= 0.6 is 15.9 Å². The van der Waals surface area contributed by atoms with Gasteiger partial charge in [-0.1, -0.05) is 22.9 Å². The van der Waals surface area contributed by atoms with Crippen molar-refractivity contribution in [3.05, 3.63) is 34.1 Å². The lowest BCUT2D eigenvalue weighted by Gasteiger charge is -2.22. The second kappa shape index (κ2) is 5.83. The van der Waals surface area contributed by atoms with E-state index >= 15 is 0 Å². The molecule has 2 rings (SSSR count). The SMILES string of the molecule is CCCN(CC1CC1)C(=O)c1cc(Br)ccc1F. The van der Waals surface area contributed by atoms with Crippen LogP contribution in [0.1, 0.15) is 36.5 Å². The van der Waals surface area contributed by atoms with Crippen LogP contribution in [0.25, 0.3) is 0 Å². The van der Waals surface area contributed by atoms with Gasteiger partial charge in [0.25, 0.3) is 5.91 Å². The molecule has 98 valence electrons. The first-order valence-electron chi connectivity index (χ1n) is 6.36. The summed E-state index contributed by atoms with van der Waals surface area (Å²) >= 11 is 3.28. The van der Waals surface area contributed by atoms with Crippen LogP contribution in [0.4, 0.5) is 4.39 Å². The summed E-state index contributed by atoms with van der Waals surface area (Å²) in [5, 5.41) is 0. The van der Waals surface area contributed by atoms with Gasteiger partial charge in [0.2, 0.25) is 0 Å². The summed E-state index contributed by atoms with van der Waals surface area (Å²) in [6.07, 6.45) is 3.27. The summed E-state index contributed by atoms with van der Waals surface area (Å²) in [4.78, 5) is 14.1. The molecule has 0 heterocycles. The summed E-state index contributed by atoms with van der Waals surface area (Å²) in [6, 6.07) is 4.50. The van der Waals surface area contributed by atoms with E-state index in [4.69, 9.17) is 0 Å². The Kier molecular flexibility index (Phi) is 4.38. The number of nitrogens with zero attached hydrogens (tertiary/aromatic N) is 1. The molecule has 1 fully saturated rings. The highest BCUT2D eigenvalue weighted by Crippen LogP contribution is 2.30. The fourth-order valence-corrected chi connectivity index (χ4v) is 2.35. The summed E-state index contributed by atoms with van der Waals surface area (Å²) in [7, 11) is 0. The summed E-state index contributed by atoms with van der Waals surface area (Å²) in [5.41, 5.74) is 0.165. The molecule has 4 heteroatoms. The van der Waals surface area contributed by atoms with Crippen LogP contribution in [0, 0.1) is 11.7 Å². The van der Waals surface area contributed by atoms with Crippen LogP contribution < -0.4 is 0 Å². The maximum absolute atomic E-state index is 13.7. The van der Waals surface area contributed by atoms with Gasteiger partial charge in [-0.05, 0) is 43.4 Å². The van der Waals surface area contributed by atoms with Crippen LogP contribution in [-0.4, -0.2) is 23.9 Å². The molecule has 0 spiro atoms. The monoisotopic (exact) mass is 313 g/mol. The van der Waals surface area contributed by atoms with Crippen molar-refractivity contribution in [2.24, 2.45) is 5.92 Å². The highest BCUT2D eigenvalue weighted by Gasteiger charge is 2.27. The summed E-state index contributed by atoms with van der Waals surface area (Å²) in [5.74, 6) is -0.0154. The second-order valence-corrected chi connectivity index (χ2v) is 5.73. The van der Waals surface area contributed by atoms with Gasteiger partial charge in [0.05, 0.1) is 5.56 Å². The Bertz CT molecular complexity index is 445. The van der Waals surface area contributed by atoms with E-state index in [2.05, 4.69) is 15.9 Å². The molecule has 2 nitrogen and oxygen atoms in total. The van der Waals surface area contributed by atoms with E-state index in [0.717, 1.165) is 17.4 Å². The minimum absolute atomic E-state index is 0.165. The van der Waals surface area contributed by atoms with E-state index in [1.54, 1.807) is 17.0 Å². The molecule has 18 heavy (non-hydrogen) atoms. The molecule has 0 bridgehead atoms. The van der Waals surface area contributed by atoms with Crippen LogP contribution in [0.2, 0.25) is 0 Å². The van der Waals surface area contributed by atoms with E-state index < -0.39 is 5.82 Å². The van der Waals surface area contributed by atoms with Crippen molar-refractivity contribution in [2.75, 3.05) is 13.1 Å². The summed E-state index contributed by atoms with van der Waals surface area (Å²) < 4.78 is 14.4. The molecule has 0 atom stereocenters. The Morgan fingerprint density at radius 2 is 2.22 bits per heavy atom. The van der Waals surface area contributed by atoms with Gasteiger partial charge in [0, 0.05) is 17.6 Å². The number of benzene rings is 1. The lowest BCUT2D eigenvalue weighted by atomic mass is 10.1. The quantitative estimate of drug-likeness (QED) is 0.808. The second-order valence-electron chi connectivity index (χ2n) is 4.82. The Labute approximate surface area is 115 Å². The van der Waals surface area contributed by atoms with Gasteiger partial charge in [-0.15, -0.1) is 0 Å². The van der Waals surface area contributed by atoms with Gasteiger partial charge in [0.15, 0.2) is 0 Å². The number of carbonyl (C=O) groups is 1. The molecule has 1 aromatic carbocycles. The maximum Gasteiger partial charge on any atom is 0.256 e. The first-order valence-corrected chi connectivity index (χ1v) is 7.15. The minimum Gasteiger partial charge on any atom is -0.338 e. The molecule has 1 aliphatic rings. The molecule has 1 aliphatic carbocycles. The van der Waals surface area contributed by atoms with Gasteiger partial charge >= 0.3 is 0 Å². The highest BCUT2D eigenvalue weighted by molar-refractivity contribution is 9.10. The maximum atomic E-state index is 13.7. The van der Waals surface area contributed by atoms with Crippen LogP contribution in [0.5, 0.6) is 0 Å². The molecule has 0 N–H and O–H groups in total. The molecular weight excluding hydrogens is 297 g/mol. The van der Waals surface area contributed by atoms with E-state index in [0.29, 0.717) is 12.5 Å². The van der Waals surface area contributed by atoms with Crippen molar-refractivity contribution in [1.82, 2.24) is 4.90 Å². The van der Waals surface area contributed by atoms with Crippen LogP contribution in [-0.2, 0) is 0 Å². The molecule has 0 aliphatic heterocycles. The Morgan fingerprint density at radius 1 is 1.50 bits per heavy atom. The minimum atomic E-state index is -0.444. The number of carbonyl (C=O) groups excluding carboxylic acids is 1. The largest absolute Gasteiger partial charge is 0.338 e. The smallest absolute Gasteiger partial charge is 0.256 e. The molecule has 0 saturated heterocycles. The third-order valence-electron chi connectivity index (χ3n) is 3.12. The zero-order valence-corrected chi connectivity index (χ0v) is 12.0. The Hall–Kier alpha value is -0.900. The van der Waals surface area contributed by atoms with Gasteiger partial charge in [0.1, 0.15) is 5.82 Å². The lowest BCUT2D eigenvalue weighted by molar-refractivity contribution is 0.0743. The molecular formula is C14H17BrFNO. The summed E-state index contributed by atoms with van der Waals surface area (Å²) in [6.45, 7) is 3.49. The van der Waals surface area contributed by atoms with Crippen LogP contribution in [0.15, 0.2) is 22.7 Å². The predicted octanol–water partition coefficient (Wildman–Crippen LogP) is 3.85. The Balaban J connectivity index is 2.17. The average molecular weight is 314 g/mol. The standard InChI is InChI=1S/C14H17BrFNO/c1-2-7-17(9-10-3-4-10)14(18)12-8-11(15)5-6-13(12)16/h5-6,8,10H,2-4,7,9H2,1H3. The molecule has 0 aromatic heterocycles. The topological polar surface area (TPSA) is 20.3 Å². The zero-order chi connectivity index (χ0) is 13.1. The lowest BCUT2D eigenvalue weighted by Crippen LogP contribution is -2.34. The molecule has 0 unspecified atom stereocenters. The van der Waals surface area contributed by atoms with Crippen molar-refractivity contribution < 1.29 is 9.18 Å². The third kappa shape index (κ3) is 3.31. The van der Waals surface area contributed by atoms with Gasteiger partial charge in [-0.3, -0.25) is 4.79 Å². The molecule has 0 radical (unpaired) electrons. The van der Waals surface area contributed by atoms with Crippen LogP contribution in [0.3, 0.4) is 0 Å². The van der Waals surface area contributed by atoms with Gasteiger partial charge < -0.3 is 4.90 Å². The number of halogens is 2. The number of hydrogen-bond donors (Lipinski definition) is 0. The van der Waals surface area contributed by atoms with Crippen molar-refractivity contribution in [1.29, 1.82) is 0 Å². The number of amides is 1. The van der Waals surface area contributed by atoms with E-state index in [1.165, 1.54) is 18.9 Å². The third-order valence-corrected chi connectivity index (χ3v) is 3.61. The van der Waals surface area contributed by atoms with E-state index in [-0.39, 0.29) is 11.5 Å². The molecule has 1 saturated carbocycles. The van der Waals surface area contributed by atoms with Crippen molar-refractivity contribution in [2.45, 2.75) is 26.2 Å². The van der Waals surface area contributed by atoms with Crippen molar-refractivity contribution in [3.63, 3.8) is 0 Å². The van der Waals surface area contributed by atoms with Gasteiger partial charge in [-0.2, -0.15) is 0 Å². The van der Waals surface area contributed by atoms with E-state index in [9.17, 15) is 9.18 Å². The Morgan fingerprint density at radius 3 is 2.83 bits per heavy atom. The highest BCUT2D eigenvalue weighted by atomic mass is 79.9. The molecule has 1 amide bonds. The van der Waals surface area contributed by atoms with E-state index in [1.807, 2.05) is 6.92 Å². The van der Waals surface area contributed by atoms with Crippen molar-refractivity contribution >= 4 is 21.8 Å². The fourth-order valence-electron chi connectivity index (χ4n) is 1.99. The normalized spacial score (nSPS) is 14.6. The number of hydrogen-bond acceptors (Lipinski definition) is 1. The number of rotatable bonds is 5. The predicted molar refractivity (Wildman–Crippen MR) is 73.0 cm³/mol. The first-order chi connectivity index (χ1) is 8.61. The molecule has 1 aromatic rings. The zero-order valence-electron chi connectivity index (χ0n) is 10.5. The van der Waals surface area contributed by atoms with Gasteiger partial charge in [-0.25, -0.2) is 4.39 Å². The van der Waals surface area contributed by atoms with Crippen molar-refractivity contribution in [3.8, 4) is 0 Å². The first kappa shape index (κ1) is 13.5. The fraction of sp³-hybridized carbons (Fsp3) is 0.500. The average Bonchev–Trinajstić information content (AvgIpc) is 3.15.